The lowest BCUT2D eigenvalue weighted by Gasteiger charge is -2.32. The Labute approximate surface area is 134 Å². The Morgan fingerprint density at radius 2 is 2.05 bits per heavy atom. The molecule has 0 unspecified atom stereocenters. The van der Waals surface area contributed by atoms with Crippen LogP contribution in [0, 0.1) is 16.7 Å². The highest BCUT2D eigenvalue weighted by Gasteiger charge is 2.65. The number of anilines is 1. The molecule has 0 aromatic heterocycles. The topological polar surface area (TPSA) is 46.2 Å². The molecule has 2 aliphatic rings. The highest BCUT2D eigenvalue weighted by molar-refractivity contribution is 6.44. The van der Waals surface area contributed by atoms with Crippen molar-refractivity contribution in [1.29, 1.82) is 0 Å². The normalized spacial score (nSPS) is 29.7. The van der Waals surface area contributed by atoms with Crippen molar-refractivity contribution in [1.82, 2.24) is 0 Å². The van der Waals surface area contributed by atoms with Crippen LogP contribution in [0.5, 0.6) is 0 Å². The molecule has 3 nitrogen and oxygen atoms in total. The van der Waals surface area contributed by atoms with E-state index in [1.807, 2.05) is 13.8 Å². The molecule has 112 valence electrons. The zero-order valence-electron chi connectivity index (χ0n) is 12.0. The van der Waals surface area contributed by atoms with Crippen LogP contribution in [0.4, 0.5) is 5.69 Å². The molecule has 0 radical (unpaired) electrons. The van der Waals surface area contributed by atoms with Crippen LogP contribution in [0.3, 0.4) is 0 Å². The number of ketones is 1. The van der Waals surface area contributed by atoms with Gasteiger partial charge in [0.1, 0.15) is 5.41 Å². The van der Waals surface area contributed by atoms with Crippen LogP contribution in [-0.4, -0.2) is 11.7 Å². The molecule has 2 bridgehead atoms. The molecule has 21 heavy (non-hydrogen) atoms. The second kappa shape index (κ2) is 4.72. The maximum atomic E-state index is 12.7. The molecule has 0 aliphatic heterocycles. The third-order valence-corrected chi connectivity index (χ3v) is 6.01. The number of fused-ring (bicyclic) bond motifs is 2. The van der Waals surface area contributed by atoms with Crippen molar-refractivity contribution in [3.63, 3.8) is 0 Å². The smallest absolute Gasteiger partial charge is 0.238 e. The average Bonchev–Trinajstić information content (AvgIpc) is 2.96. The van der Waals surface area contributed by atoms with Crippen molar-refractivity contribution in [2.24, 2.45) is 16.7 Å². The van der Waals surface area contributed by atoms with Gasteiger partial charge in [-0.1, -0.05) is 43.1 Å². The predicted octanol–water partition coefficient (Wildman–Crippen LogP) is 4.33. The molecule has 1 aromatic carbocycles. The summed E-state index contributed by atoms with van der Waals surface area (Å²) in [6, 6.07) is 5.08. The third kappa shape index (κ3) is 2.01. The van der Waals surface area contributed by atoms with Gasteiger partial charge in [0, 0.05) is 5.41 Å². The summed E-state index contributed by atoms with van der Waals surface area (Å²) in [6.07, 6.45) is 2.20. The Balaban J connectivity index is 1.90. The molecule has 0 spiro atoms. The number of halogens is 2. The predicted molar refractivity (Wildman–Crippen MR) is 83.7 cm³/mol. The molecule has 2 atom stereocenters. The molecule has 0 heterocycles. The summed E-state index contributed by atoms with van der Waals surface area (Å²) in [4.78, 5) is 25.4. The fourth-order valence-electron chi connectivity index (χ4n) is 3.82. The molecule has 1 aromatic rings. The largest absolute Gasteiger partial charge is 0.324 e. The number of nitrogens with one attached hydrogen (secondary N) is 1. The highest BCUT2D eigenvalue weighted by atomic mass is 35.5. The lowest BCUT2D eigenvalue weighted by molar-refractivity contribution is -0.142. The minimum absolute atomic E-state index is 0.0573. The Hall–Kier alpha value is -1.06. The standard InChI is InChI=1S/C16H17Cl2NO2/c1-15(2)9-6-7-16(8-9,13(15)20)14(21)19-11-5-3-4-10(17)12(11)18/h3-5,9H,6-8H2,1-2H3,(H,19,21)/t9-,16+/m0/s1. The Morgan fingerprint density at radius 3 is 2.67 bits per heavy atom. The summed E-state index contributed by atoms with van der Waals surface area (Å²) in [5, 5.41) is 3.50. The maximum Gasteiger partial charge on any atom is 0.238 e. The average molecular weight is 326 g/mol. The van der Waals surface area contributed by atoms with Crippen molar-refractivity contribution in [2.45, 2.75) is 33.1 Å². The van der Waals surface area contributed by atoms with E-state index in [2.05, 4.69) is 5.32 Å². The molecule has 0 saturated heterocycles. The first-order chi connectivity index (χ1) is 9.79. The van der Waals surface area contributed by atoms with E-state index in [9.17, 15) is 9.59 Å². The van der Waals surface area contributed by atoms with Gasteiger partial charge in [-0.25, -0.2) is 0 Å². The zero-order valence-corrected chi connectivity index (χ0v) is 13.5. The van der Waals surface area contributed by atoms with Crippen molar-refractivity contribution in [3.8, 4) is 0 Å². The second-order valence-corrected chi connectivity index (χ2v) is 7.41. The van der Waals surface area contributed by atoms with Crippen LogP contribution in [-0.2, 0) is 9.59 Å². The first-order valence-electron chi connectivity index (χ1n) is 7.09. The van der Waals surface area contributed by atoms with Crippen LogP contribution in [0.2, 0.25) is 10.0 Å². The van der Waals surface area contributed by atoms with Gasteiger partial charge in [0.15, 0.2) is 5.78 Å². The fourth-order valence-corrected chi connectivity index (χ4v) is 4.17. The van der Waals surface area contributed by atoms with Crippen LogP contribution in [0.25, 0.3) is 0 Å². The van der Waals surface area contributed by atoms with E-state index in [0.717, 1.165) is 6.42 Å². The molecule has 2 aliphatic carbocycles. The number of hydrogen-bond acceptors (Lipinski definition) is 2. The van der Waals surface area contributed by atoms with Crippen molar-refractivity contribution < 1.29 is 9.59 Å². The van der Waals surface area contributed by atoms with Gasteiger partial charge in [0.2, 0.25) is 5.91 Å². The number of amides is 1. The van der Waals surface area contributed by atoms with E-state index in [1.165, 1.54) is 0 Å². The van der Waals surface area contributed by atoms with Gasteiger partial charge >= 0.3 is 0 Å². The minimum Gasteiger partial charge on any atom is -0.324 e. The molecular weight excluding hydrogens is 309 g/mol. The molecule has 1 N–H and O–H groups in total. The van der Waals surface area contributed by atoms with E-state index in [1.54, 1.807) is 18.2 Å². The van der Waals surface area contributed by atoms with Gasteiger partial charge in [-0.15, -0.1) is 0 Å². The quantitative estimate of drug-likeness (QED) is 0.823. The SMILES string of the molecule is CC1(C)C(=O)[C@@]2(C(=O)Nc3cccc(Cl)c3Cl)CC[C@H]1C2. The van der Waals surface area contributed by atoms with Crippen molar-refractivity contribution >= 4 is 40.6 Å². The van der Waals surface area contributed by atoms with E-state index in [4.69, 9.17) is 23.2 Å². The minimum atomic E-state index is -0.889. The first kappa shape index (κ1) is 14.9. The van der Waals surface area contributed by atoms with Gasteiger partial charge in [0.25, 0.3) is 0 Å². The summed E-state index contributed by atoms with van der Waals surface area (Å²) in [5.41, 5.74) is -0.836. The van der Waals surface area contributed by atoms with Crippen LogP contribution >= 0.6 is 23.2 Å². The Bertz CT molecular complexity index is 641. The number of hydrogen-bond donors (Lipinski definition) is 1. The summed E-state index contributed by atoms with van der Waals surface area (Å²) >= 11 is 12.1. The van der Waals surface area contributed by atoms with Crippen LogP contribution in [0.15, 0.2) is 18.2 Å². The van der Waals surface area contributed by atoms with Gasteiger partial charge in [-0.3, -0.25) is 9.59 Å². The van der Waals surface area contributed by atoms with Gasteiger partial charge in [0.05, 0.1) is 15.7 Å². The monoisotopic (exact) mass is 325 g/mol. The van der Waals surface area contributed by atoms with E-state index in [0.29, 0.717) is 34.5 Å². The number of benzene rings is 1. The van der Waals surface area contributed by atoms with E-state index >= 15 is 0 Å². The first-order valence-corrected chi connectivity index (χ1v) is 7.85. The Kier molecular flexibility index (Phi) is 3.34. The van der Waals surface area contributed by atoms with E-state index < -0.39 is 10.8 Å². The lowest BCUT2D eigenvalue weighted by atomic mass is 9.70. The van der Waals surface area contributed by atoms with Crippen LogP contribution in [0.1, 0.15) is 33.1 Å². The molecule has 2 saturated carbocycles. The van der Waals surface area contributed by atoms with Gasteiger partial charge in [-0.05, 0) is 37.3 Å². The summed E-state index contributed by atoms with van der Waals surface area (Å²) in [7, 11) is 0. The third-order valence-electron chi connectivity index (χ3n) is 5.19. The molecule has 1 amide bonds. The molecule has 2 fully saturated rings. The fraction of sp³-hybridized carbons (Fsp3) is 0.500. The van der Waals surface area contributed by atoms with Gasteiger partial charge < -0.3 is 5.32 Å². The Morgan fingerprint density at radius 1 is 1.33 bits per heavy atom. The summed E-state index contributed by atoms with van der Waals surface area (Å²) in [6.45, 7) is 3.89. The number of carbonyl (C=O) groups excluding carboxylic acids is 2. The second-order valence-electron chi connectivity index (χ2n) is 6.63. The summed E-state index contributed by atoms with van der Waals surface area (Å²) < 4.78 is 0. The highest BCUT2D eigenvalue weighted by Crippen LogP contribution is 2.60. The van der Waals surface area contributed by atoms with Gasteiger partial charge in [-0.2, -0.15) is 0 Å². The summed E-state index contributed by atoms with van der Waals surface area (Å²) in [5.74, 6) is 0.109. The van der Waals surface area contributed by atoms with Crippen LogP contribution < -0.4 is 5.32 Å². The number of rotatable bonds is 2. The maximum absolute atomic E-state index is 12.7. The lowest BCUT2D eigenvalue weighted by Crippen LogP contribution is -2.44. The number of Topliss-reactive ketones (excluding diaryl/α,β-unsaturated/α-hetero) is 1. The van der Waals surface area contributed by atoms with Crippen molar-refractivity contribution in [3.05, 3.63) is 28.2 Å². The zero-order chi connectivity index (χ0) is 15.4. The van der Waals surface area contributed by atoms with E-state index in [-0.39, 0.29) is 11.7 Å². The molecular formula is C16H17Cl2NO2. The molecule has 3 rings (SSSR count). The van der Waals surface area contributed by atoms with Crippen molar-refractivity contribution in [2.75, 3.05) is 5.32 Å². The number of carbonyl (C=O) groups is 2. The molecule has 5 heteroatoms.